The number of carbonyl (C=O) groups is 1. The van der Waals surface area contributed by atoms with Gasteiger partial charge in [0.15, 0.2) is 5.96 Å². The van der Waals surface area contributed by atoms with E-state index >= 15 is 0 Å². The highest BCUT2D eigenvalue weighted by atomic mass is 127. The maximum atomic E-state index is 11.8. The van der Waals surface area contributed by atoms with Gasteiger partial charge in [0.2, 0.25) is 5.91 Å². The highest BCUT2D eigenvalue weighted by Gasteiger charge is 2.08. The summed E-state index contributed by atoms with van der Waals surface area (Å²) < 4.78 is 4.95. The molecule has 6 nitrogen and oxygen atoms in total. The van der Waals surface area contributed by atoms with Crippen LogP contribution in [0.15, 0.2) is 4.99 Å². The molecule has 0 aromatic heterocycles. The van der Waals surface area contributed by atoms with Crippen molar-refractivity contribution in [1.82, 2.24) is 15.5 Å². The van der Waals surface area contributed by atoms with Crippen LogP contribution in [-0.2, 0) is 9.53 Å². The summed E-state index contributed by atoms with van der Waals surface area (Å²) in [4.78, 5) is 18.0. The van der Waals surface area contributed by atoms with Gasteiger partial charge in [-0.3, -0.25) is 9.79 Å². The van der Waals surface area contributed by atoms with Gasteiger partial charge in [0.1, 0.15) is 0 Å². The zero-order valence-electron chi connectivity index (χ0n) is 13.1. The van der Waals surface area contributed by atoms with E-state index in [1.54, 1.807) is 7.11 Å². The number of hydrogen-bond acceptors (Lipinski definition) is 3. The van der Waals surface area contributed by atoms with Gasteiger partial charge in [-0.25, -0.2) is 0 Å². The fraction of sp³-hybridized carbons (Fsp3) is 0.846. The van der Waals surface area contributed by atoms with E-state index in [9.17, 15) is 4.79 Å². The molecule has 0 aliphatic carbocycles. The maximum absolute atomic E-state index is 11.8. The van der Waals surface area contributed by atoms with E-state index in [0.29, 0.717) is 26.1 Å². The van der Waals surface area contributed by atoms with Gasteiger partial charge in [0, 0.05) is 39.7 Å². The van der Waals surface area contributed by atoms with Gasteiger partial charge in [-0.2, -0.15) is 0 Å². The van der Waals surface area contributed by atoms with Crippen LogP contribution in [0.5, 0.6) is 0 Å². The normalized spacial score (nSPS) is 10.7. The molecule has 20 heavy (non-hydrogen) atoms. The zero-order valence-corrected chi connectivity index (χ0v) is 15.4. The van der Waals surface area contributed by atoms with Crippen molar-refractivity contribution in [2.24, 2.45) is 4.99 Å². The van der Waals surface area contributed by atoms with Crippen LogP contribution in [0.1, 0.15) is 27.2 Å². The Morgan fingerprint density at radius 1 is 1.20 bits per heavy atom. The predicted octanol–water partition coefficient (Wildman–Crippen LogP) is 1.06. The lowest BCUT2D eigenvalue weighted by Crippen LogP contribution is -2.40. The number of aliphatic imine (C=N–C) groups is 1. The van der Waals surface area contributed by atoms with Crippen molar-refractivity contribution in [3.8, 4) is 0 Å². The maximum Gasteiger partial charge on any atom is 0.224 e. The zero-order chi connectivity index (χ0) is 14.5. The van der Waals surface area contributed by atoms with Crippen LogP contribution in [0.2, 0.25) is 0 Å². The average Bonchev–Trinajstić information content (AvgIpc) is 2.40. The molecule has 0 atom stereocenters. The number of nitrogens with one attached hydrogen (secondary N) is 2. The topological polar surface area (TPSA) is 66.0 Å². The van der Waals surface area contributed by atoms with Gasteiger partial charge in [-0.05, 0) is 20.8 Å². The monoisotopic (exact) mass is 400 g/mol. The number of hydrogen-bond donors (Lipinski definition) is 2. The molecule has 120 valence electrons. The second-order valence-corrected chi connectivity index (χ2v) is 4.00. The average molecular weight is 400 g/mol. The SMILES string of the molecule is CCNC(=NCCOC)NCCC(=O)N(CC)CC.I. The number of guanidine groups is 1. The summed E-state index contributed by atoms with van der Waals surface area (Å²) in [5.74, 6) is 0.900. The van der Waals surface area contributed by atoms with Crippen LogP contribution in [0.25, 0.3) is 0 Å². The third-order valence-corrected chi connectivity index (χ3v) is 2.66. The lowest BCUT2D eigenvalue weighted by molar-refractivity contribution is -0.130. The molecule has 0 fully saturated rings. The van der Waals surface area contributed by atoms with Crippen molar-refractivity contribution in [3.05, 3.63) is 0 Å². The van der Waals surface area contributed by atoms with Crippen LogP contribution in [0, 0.1) is 0 Å². The van der Waals surface area contributed by atoms with Gasteiger partial charge in [-0.15, -0.1) is 24.0 Å². The van der Waals surface area contributed by atoms with Crippen LogP contribution in [0.4, 0.5) is 0 Å². The first-order valence-corrected chi connectivity index (χ1v) is 6.98. The summed E-state index contributed by atoms with van der Waals surface area (Å²) in [6.07, 6.45) is 0.483. The summed E-state index contributed by atoms with van der Waals surface area (Å²) in [6, 6.07) is 0. The van der Waals surface area contributed by atoms with Crippen LogP contribution in [-0.4, -0.2) is 63.2 Å². The van der Waals surface area contributed by atoms with E-state index in [2.05, 4.69) is 15.6 Å². The third kappa shape index (κ3) is 10.2. The molecule has 0 aliphatic rings. The molecule has 0 unspecified atom stereocenters. The number of nitrogens with zero attached hydrogens (tertiary/aromatic N) is 2. The Morgan fingerprint density at radius 3 is 2.35 bits per heavy atom. The first-order valence-electron chi connectivity index (χ1n) is 6.98. The van der Waals surface area contributed by atoms with Crippen LogP contribution in [0.3, 0.4) is 0 Å². The largest absolute Gasteiger partial charge is 0.383 e. The molecule has 7 heteroatoms. The summed E-state index contributed by atoms with van der Waals surface area (Å²) >= 11 is 0. The molecular formula is C13H29IN4O2. The Morgan fingerprint density at radius 2 is 1.85 bits per heavy atom. The third-order valence-electron chi connectivity index (χ3n) is 2.66. The summed E-state index contributed by atoms with van der Waals surface area (Å²) in [5.41, 5.74) is 0. The Balaban J connectivity index is 0. The first kappa shape index (κ1) is 21.7. The molecule has 0 saturated heterocycles. The number of amides is 1. The minimum atomic E-state index is 0. The van der Waals surface area contributed by atoms with E-state index in [1.807, 2.05) is 25.7 Å². The molecule has 2 N–H and O–H groups in total. The predicted molar refractivity (Wildman–Crippen MR) is 93.8 cm³/mol. The molecule has 0 aromatic rings. The molecule has 0 bridgehead atoms. The van der Waals surface area contributed by atoms with E-state index in [1.165, 1.54) is 0 Å². The molecule has 0 spiro atoms. The Kier molecular flexibility index (Phi) is 16.1. The van der Waals surface area contributed by atoms with Gasteiger partial charge in [0.05, 0.1) is 13.2 Å². The van der Waals surface area contributed by atoms with Crippen LogP contribution < -0.4 is 10.6 Å². The van der Waals surface area contributed by atoms with Crippen molar-refractivity contribution >= 4 is 35.8 Å². The van der Waals surface area contributed by atoms with Crippen molar-refractivity contribution in [1.29, 1.82) is 0 Å². The number of carbonyl (C=O) groups excluding carboxylic acids is 1. The number of methoxy groups -OCH3 is 1. The lowest BCUT2D eigenvalue weighted by atomic mass is 10.3. The molecule has 0 heterocycles. The van der Waals surface area contributed by atoms with E-state index in [0.717, 1.165) is 25.6 Å². The quantitative estimate of drug-likeness (QED) is 0.263. The summed E-state index contributed by atoms with van der Waals surface area (Å²) in [6.45, 7) is 10.1. The first-order chi connectivity index (χ1) is 9.19. The highest BCUT2D eigenvalue weighted by Crippen LogP contribution is 1.92. The fourth-order valence-electron chi connectivity index (χ4n) is 1.61. The molecule has 0 aromatic carbocycles. The second kappa shape index (κ2) is 14.8. The number of rotatable bonds is 9. The molecular weight excluding hydrogens is 371 g/mol. The van der Waals surface area contributed by atoms with E-state index in [-0.39, 0.29) is 29.9 Å². The second-order valence-electron chi connectivity index (χ2n) is 4.00. The standard InChI is InChI=1S/C13H28N4O2.HI/c1-5-14-13(16-10-11-19-4)15-9-8-12(18)17(6-2)7-3;/h5-11H2,1-4H3,(H2,14,15,16);1H. The fourth-order valence-corrected chi connectivity index (χ4v) is 1.61. The lowest BCUT2D eigenvalue weighted by Gasteiger charge is -2.19. The minimum absolute atomic E-state index is 0. The Labute approximate surface area is 139 Å². The van der Waals surface area contributed by atoms with Crippen molar-refractivity contribution in [2.75, 3.05) is 46.4 Å². The van der Waals surface area contributed by atoms with Crippen molar-refractivity contribution in [2.45, 2.75) is 27.2 Å². The molecule has 0 rings (SSSR count). The van der Waals surface area contributed by atoms with Gasteiger partial charge < -0.3 is 20.3 Å². The van der Waals surface area contributed by atoms with Crippen LogP contribution >= 0.6 is 24.0 Å². The highest BCUT2D eigenvalue weighted by molar-refractivity contribution is 14.0. The minimum Gasteiger partial charge on any atom is -0.383 e. The van der Waals surface area contributed by atoms with Gasteiger partial charge >= 0.3 is 0 Å². The summed E-state index contributed by atoms with van der Waals surface area (Å²) in [5, 5.41) is 6.28. The number of halogens is 1. The Bertz CT molecular complexity index is 271. The van der Waals surface area contributed by atoms with E-state index < -0.39 is 0 Å². The molecule has 0 radical (unpaired) electrons. The molecule has 0 saturated carbocycles. The van der Waals surface area contributed by atoms with Gasteiger partial charge in [0.25, 0.3) is 0 Å². The summed E-state index contributed by atoms with van der Waals surface area (Å²) in [7, 11) is 1.65. The smallest absolute Gasteiger partial charge is 0.224 e. The Hall–Kier alpha value is -0.570. The molecule has 0 aliphatic heterocycles. The molecule has 1 amide bonds. The number of ether oxygens (including phenoxy) is 1. The van der Waals surface area contributed by atoms with Crippen molar-refractivity contribution in [3.63, 3.8) is 0 Å². The van der Waals surface area contributed by atoms with E-state index in [4.69, 9.17) is 4.74 Å². The van der Waals surface area contributed by atoms with Gasteiger partial charge in [-0.1, -0.05) is 0 Å². The van der Waals surface area contributed by atoms with Crippen molar-refractivity contribution < 1.29 is 9.53 Å².